The molecule has 0 spiro atoms. The standard InChI is InChI=1S/C13H19BrFN/c1-13(2,9-14)8-10-7-11(15)5-6-12(10)16(3)4/h5-7H,8-9H2,1-4H3. The third-order valence-electron chi connectivity index (χ3n) is 2.55. The van der Waals surface area contributed by atoms with Gasteiger partial charge in [-0.3, -0.25) is 0 Å². The molecule has 1 rings (SSSR count). The number of nitrogens with zero attached hydrogens (tertiary/aromatic N) is 1. The zero-order valence-electron chi connectivity index (χ0n) is 10.3. The van der Waals surface area contributed by atoms with Crippen LogP contribution >= 0.6 is 15.9 Å². The lowest BCUT2D eigenvalue weighted by Gasteiger charge is -2.25. The van der Waals surface area contributed by atoms with Gasteiger partial charge < -0.3 is 4.90 Å². The lowest BCUT2D eigenvalue weighted by molar-refractivity contribution is 0.424. The van der Waals surface area contributed by atoms with Gasteiger partial charge in [-0.15, -0.1) is 0 Å². The second-order valence-electron chi connectivity index (χ2n) is 5.14. The van der Waals surface area contributed by atoms with Crippen LogP contribution in [0.1, 0.15) is 19.4 Å². The van der Waals surface area contributed by atoms with E-state index in [9.17, 15) is 4.39 Å². The van der Waals surface area contributed by atoms with E-state index < -0.39 is 0 Å². The van der Waals surface area contributed by atoms with Crippen LogP contribution in [-0.2, 0) is 6.42 Å². The van der Waals surface area contributed by atoms with Crippen molar-refractivity contribution in [2.75, 3.05) is 24.3 Å². The minimum absolute atomic E-state index is 0.137. The smallest absolute Gasteiger partial charge is 0.123 e. The fourth-order valence-electron chi connectivity index (χ4n) is 1.69. The number of halogens is 2. The molecule has 0 amide bonds. The van der Waals surface area contributed by atoms with E-state index in [1.54, 1.807) is 6.07 Å². The van der Waals surface area contributed by atoms with Gasteiger partial charge in [0.25, 0.3) is 0 Å². The Morgan fingerprint density at radius 3 is 2.44 bits per heavy atom. The SMILES string of the molecule is CN(C)c1ccc(F)cc1CC(C)(C)CBr. The molecule has 0 aliphatic carbocycles. The summed E-state index contributed by atoms with van der Waals surface area (Å²) in [5, 5.41) is 0.906. The molecular formula is C13H19BrFN. The molecule has 0 radical (unpaired) electrons. The van der Waals surface area contributed by atoms with Crippen LogP contribution in [0.2, 0.25) is 0 Å². The van der Waals surface area contributed by atoms with Crippen molar-refractivity contribution in [2.45, 2.75) is 20.3 Å². The van der Waals surface area contributed by atoms with Crippen LogP contribution in [0.5, 0.6) is 0 Å². The Balaban J connectivity index is 3.06. The molecular weight excluding hydrogens is 269 g/mol. The molecule has 0 aliphatic rings. The average molecular weight is 288 g/mol. The molecule has 0 atom stereocenters. The Hall–Kier alpha value is -0.570. The van der Waals surface area contributed by atoms with Gasteiger partial charge in [0.15, 0.2) is 0 Å². The third-order valence-corrected chi connectivity index (χ3v) is 4.07. The number of rotatable bonds is 4. The van der Waals surface area contributed by atoms with Crippen molar-refractivity contribution >= 4 is 21.6 Å². The first-order chi connectivity index (χ1) is 7.35. The molecule has 0 aromatic heterocycles. The topological polar surface area (TPSA) is 3.24 Å². The van der Waals surface area contributed by atoms with Crippen molar-refractivity contribution in [1.29, 1.82) is 0 Å². The largest absolute Gasteiger partial charge is 0.377 e. The summed E-state index contributed by atoms with van der Waals surface area (Å²) < 4.78 is 13.3. The van der Waals surface area contributed by atoms with Crippen LogP contribution in [0, 0.1) is 11.2 Å². The van der Waals surface area contributed by atoms with Crippen LogP contribution in [0.4, 0.5) is 10.1 Å². The quantitative estimate of drug-likeness (QED) is 0.761. The maximum atomic E-state index is 13.3. The Bertz CT molecular complexity index is 361. The van der Waals surface area contributed by atoms with Gasteiger partial charge >= 0.3 is 0 Å². The van der Waals surface area contributed by atoms with Crippen molar-refractivity contribution in [3.63, 3.8) is 0 Å². The molecule has 1 aromatic carbocycles. The van der Waals surface area contributed by atoms with Gasteiger partial charge in [-0.2, -0.15) is 0 Å². The number of anilines is 1. The van der Waals surface area contributed by atoms with E-state index in [1.807, 2.05) is 25.1 Å². The number of hydrogen-bond acceptors (Lipinski definition) is 1. The van der Waals surface area contributed by atoms with Gasteiger partial charge in [-0.05, 0) is 35.6 Å². The van der Waals surface area contributed by atoms with Gasteiger partial charge in [0.2, 0.25) is 0 Å². The molecule has 0 N–H and O–H groups in total. The second-order valence-corrected chi connectivity index (χ2v) is 5.70. The lowest BCUT2D eigenvalue weighted by Crippen LogP contribution is -2.19. The van der Waals surface area contributed by atoms with Crippen molar-refractivity contribution in [2.24, 2.45) is 5.41 Å². The maximum absolute atomic E-state index is 13.3. The summed E-state index contributed by atoms with van der Waals surface area (Å²) in [6.45, 7) is 4.35. The molecule has 0 saturated heterocycles. The first kappa shape index (κ1) is 13.5. The van der Waals surface area contributed by atoms with E-state index in [2.05, 4.69) is 29.8 Å². The van der Waals surface area contributed by atoms with Crippen LogP contribution in [-0.4, -0.2) is 19.4 Å². The van der Waals surface area contributed by atoms with E-state index in [0.29, 0.717) is 0 Å². The fraction of sp³-hybridized carbons (Fsp3) is 0.538. The Kier molecular flexibility index (Phi) is 4.36. The van der Waals surface area contributed by atoms with E-state index in [-0.39, 0.29) is 11.2 Å². The number of benzene rings is 1. The fourth-order valence-corrected chi connectivity index (χ4v) is 1.89. The second kappa shape index (κ2) is 5.17. The summed E-state index contributed by atoms with van der Waals surface area (Å²) in [6.07, 6.45) is 0.865. The minimum Gasteiger partial charge on any atom is -0.377 e. The van der Waals surface area contributed by atoms with Crippen molar-refractivity contribution in [1.82, 2.24) is 0 Å². The Morgan fingerprint density at radius 2 is 1.94 bits per heavy atom. The summed E-state index contributed by atoms with van der Waals surface area (Å²) in [5.41, 5.74) is 2.29. The molecule has 0 heterocycles. The van der Waals surface area contributed by atoms with Crippen molar-refractivity contribution in [3.05, 3.63) is 29.6 Å². The lowest BCUT2D eigenvalue weighted by atomic mass is 9.87. The highest BCUT2D eigenvalue weighted by atomic mass is 79.9. The normalized spacial score (nSPS) is 11.6. The van der Waals surface area contributed by atoms with Gasteiger partial charge in [-0.25, -0.2) is 4.39 Å². The summed E-state index contributed by atoms with van der Waals surface area (Å²) in [5.74, 6) is -0.161. The molecule has 16 heavy (non-hydrogen) atoms. The monoisotopic (exact) mass is 287 g/mol. The average Bonchev–Trinajstić information content (AvgIpc) is 2.16. The van der Waals surface area contributed by atoms with Gasteiger partial charge in [0.1, 0.15) is 5.82 Å². The summed E-state index contributed by atoms with van der Waals surface area (Å²) in [4.78, 5) is 2.03. The molecule has 90 valence electrons. The molecule has 0 unspecified atom stereocenters. The molecule has 0 fully saturated rings. The van der Waals surface area contributed by atoms with Crippen LogP contribution in [0.25, 0.3) is 0 Å². The molecule has 0 saturated carbocycles. The van der Waals surface area contributed by atoms with E-state index >= 15 is 0 Å². The summed E-state index contributed by atoms with van der Waals surface area (Å²) >= 11 is 3.50. The molecule has 0 bridgehead atoms. The zero-order valence-corrected chi connectivity index (χ0v) is 11.9. The highest BCUT2D eigenvalue weighted by Crippen LogP contribution is 2.29. The van der Waals surface area contributed by atoms with Crippen LogP contribution in [0.15, 0.2) is 18.2 Å². The molecule has 1 aromatic rings. The molecule has 1 nitrogen and oxygen atoms in total. The van der Waals surface area contributed by atoms with E-state index in [4.69, 9.17) is 0 Å². The van der Waals surface area contributed by atoms with Gasteiger partial charge in [-0.1, -0.05) is 29.8 Å². The molecule has 3 heteroatoms. The highest BCUT2D eigenvalue weighted by molar-refractivity contribution is 9.09. The Morgan fingerprint density at radius 1 is 1.31 bits per heavy atom. The first-order valence-corrected chi connectivity index (χ1v) is 6.49. The highest BCUT2D eigenvalue weighted by Gasteiger charge is 2.19. The summed E-state index contributed by atoms with van der Waals surface area (Å²) in [6, 6.07) is 4.99. The predicted octanol–water partition coefficient (Wildman–Crippen LogP) is 3.86. The zero-order chi connectivity index (χ0) is 12.3. The Labute approximate surface area is 106 Å². The van der Waals surface area contributed by atoms with Gasteiger partial charge in [0.05, 0.1) is 0 Å². The van der Waals surface area contributed by atoms with E-state index in [0.717, 1.165) is 23.0 Å². The van der Waals surface area contributed by atoms with Gasteiger partial charge in [0, 0.05) is 25.1 Å². The van der Waals surface area contributed by atoms with E-state index in [1.165, 1.54) is 6.07 Å². The molecule has 0 aliphatic heterocycles. The number of hydrogen-bond donors (Lipinski definition) is 0. The summed E-state index contributed by atoms with van der Waals surface area (Å²) in [7, 11) is 3.97. The number of alkyl halides is 1. The van der Waals surface area contributed by atoms with Crippen LogP contribution < -0.4 is 4.90 Å². The van der Waals surface area contributed by atoms with Crippen molar-refractivity contribution < 1.29 is 4.39 Å². The third kappa shape index (κ3) is 3.48. The predicted molar refractivity (Wildman–Crippen MR) is 72.0 cm³/mol. The van der Waals surface area contributed by atoms with Crippen LogP contribution in [0.3, 0.4) is 0 Å². The first-order valence-electron chi connectivity index (χ1n) is 5.37. The maximum Gasteiger partial charge on any atom is 0.123 e. The minimum atomic E-state index is -0.161. The van der Waals surface area contributed by atoms with Crippen molar-refractivity contribution in [3.8, 4) is 0 Å².